The Labute approximate surface area is 124 Å². The molecule has 2 aromatic carbocycles. The molecule has 0 spiro atoms. The van der Waals surface area contributed by atoms with Gasteiger partial charge in [0.2, 0.25) is 0 Å². The first-order chi connectivity index (χ1) is 9.90. The molecule has 112 valence electrons. The fourth-order valence-electron chi connectivity index (χ4n) is 2.20. The molecule has 0 heterocycles. The van der Waals surface area contributed by atoms with Gasteiger partial charge in [0.1, 0.15) is 11.5 Å². The summed E-state index contributed by atoms with van der Waals surface area (Å²) in [5.74, 6) is 0.812. The van der Waals surface area contributed by atoms with Gasteiger partial charge in [-0.15, -0.1) is 0 Å². The van der Waals surface area contributed by atoms with Gasteiger partial charge < -0.3 is 14.4 Å². The van der Waals surface area contributed by atoms with Crippen molar-refractivity contribution < 1.29 is 18.9 Å². The maximum absolute atomic E-state index is 13.0. The van der Waals surface area contributed by atoms with Crippen molar-refractivity contribution in [3.05, 3.63) is 47.5 Å². The number of methoxy groups -OCH3 is 2. The van der Waals surface area contributed by atoms with E-state index in [1.807, 2.05) is 13.8 Å². The van der Waals surface area contributed by atoms with Crippen molar-refractivity contribution in [2.24, 2.45) is 0 Å². The van der Waals surface area contributed by atoms with Gasteiger partial charge in [-0.1, -0.05) is 12.1 Å². The Balaban J connectivity index is 2.65. The summed E-state index contributed by atoms with van der Waals surface area (Å²) < 4.78 is 23.5. The largest absolute Gasteiger partial charge is 0.496 e. The third kappa shape index (κ3) is 2.97. The quantitative estimate of drug-likeness (QED) is 0.882. The van der Waals surface area contributed by atoms with Crippen LogP contribution in [0.2, 0.25) is 0 Å². The fraction of sp³-hybridized carbons (Fsp3) is 0.250. The van der Waals surface area contributed by atoms with Crippen LogP contribution in [0, 0.1) is 13.8 Å². The lowest BCUT2D eigenvalue weighted by Gasteiger charge is -2.18. The van der Waals surface area contributed by atoms with Crippen LogP contribution in [0.25, 0.3) is 0 Å². The molecular weight excluding hydrogens is 287 g/mol. The number of ether oxygens (including phenoxy) is 2. The molecule has 21 heavy (non-hydrogen) atoms. The molecule has 5 heteroatoms. The fourth-order valence-corrected chi connectivity index (χ4v) is 3.92. The highest BCUT2D eigenvalue weighted by Gasteiger charge is 2.31. The summed E-state index contributed by atoms with van der Waals surface area (Å²) in [6.07, 6.45) is 0. The first-order valence-corrected chi connectivity index (χ1v) is 8.19. The summed E-state index contributed by atoms with van der Waals surface area (Å²) in [7, 11) is -0.814. The van der Waals surface area contributed by atoms with E-state index in [0.29, 0.717) is 11.5 Å². The summed E-state index contributed by atoms with van der Waals surface area (Å²) in [4.78, 5) is 10.7. The standard InChI is InChI=1S/C16H19O4P/c1-11-5-7-15(13(9-11)19-3)21(17,18)16-8-6-12(2)10-14(16)20-4/h5-10H,1-4H3,(H,17,18). The van der Waals surface area contributed by atoms with E-state index in [2.05, 4.69) is 0 Å². The maximum Gasteiger partial charge on any atom is 0.266 e. The van der Waals surface area contributed by atoms with E-state index in [-0.39, 0.29) is 10.6 Å². The van der Waals surface area contributed by atoms with Crippen LogP contribution in [0.4, 0.5) is 0 Å². The third-order valence-electron chi connectivity index (χ3n) is 3.32. The summed E-state index contributed by atoms with van der Waals surface area (Å²) in [6, 6.07) is 10.4. The molecule has 2 aromatic rings. The molecule has 0 bridgehead atoms. The second-order valence-electron chi connectivity index (χ2n) is 4.93. The van der Waals surface area contributed by atoms with Crippen LogP contribution >= 0.6 is 7.37 Å². The lowest BCUT2D eigenvalue weighted by Crippen LogP contribution is -2.19. The van der Waals surface area contributed by atoms with Crippen LogP contribution in [0.15, 0.2) is 36.4 Å². The van der Waals surface area contributed by atoms with Crippen molar-refractivity contribution in [3.63, 3.8) is 0 Å². The molecule has 0 amide bonds. The van der Waals surface area contributed by atoms with Crippen molar-refractivity contribution in [1.82, 2.24) is 0 Å². The smallest absolute Gasteiger partial charge is 0.266 e. The Morgan fingerprint density at radius 3 is 1.57 bits per heavy atom. The molecule has 0 saturated carbocycles. The molecule has 0 aliphatic heterocycles. The van der Waals surface area contributed by atoms with Gasteiger partial charge in [-0.05, 0) is 49.2 Å². The second-order valence-corrected chi connectivity index (χ2v) is 7.04. The van der Waals surface area contributed by atoms with Crippen molar-refractivity contribution in [1.29, 1.82) is 0 Å². The average Bonchev–Trinajstić information content (AvgIpc) is 2.46. The van der Waals surface area contributed by atoms with Crippen molar-refractivity contribution in [3.8, 4) is 11.5 Å². The Hall–Kier alpha value is -1.77. The van der Waals surface area contributed by atoms with E-state index >= 15 is 0 Å². The summed E-state index contributed by atoms with van der Waals surface area (Å²) >= 11 is 0. The Morgan fingerprint density at radius 2 is 1.24 bits per heavy atom. The topological polar surface area (TPSA) is 55.8 Å². The molecule has 1 N–H and O–H groups in total. The Kier molecular flexibility index (Phi) is 4.40. The van der Waals surface area contributed by atoms with E-state index in [9.17, 15) is 9.46 Å². The van der Waals surface area contributed by atoms with Crippen molar-refractivity contribution in [2.45, 2.75) is 13.8 Å². The van der Waals surface area contributed by atoms with Crippen LogP contribution < -0.4 is 20.1 Å². The Morgan fingerprint density at radius 1 is 0.857 bits per heavy atom. The highest BCUT2D eigenvalue weighted by molar-refractivity contribution is 7.73. The van der Waals surface area contributed by atoms with Gasteiger partial charge in [-0.3, -0.25) is 4.57 Å². The third-order valence-corrected chi connectivity index (χ3v) is 5.37. The molecule has 0 aliphatic rings. The lowest BCUT2D eigenvalue weighted by molar-refractivity contribution is 0.413. The van der Waals surface area contributed by atoms with E-state index in [0.717, 1.165) is 11.1 Å². The van der Waals surface area contributed by atoms with Crippen LogP contribution in [0.5, 0.6) is 11.5 Å². The zero-order chi connectivity index (χ0) is 15.6. The zero-order valence-electron chi connectivity index (χ0n) is 12.6. The maximum atomic E-state index is 13.0. The van der Waals surface area contributed by atoms with Gasteiger partial charge in [0.15, 0.2) is 0 Å². The summed E-state index contributed by atoms with van der Waals surface area (Å²) in [5, 5.41) is 0.551. The van der Waals surface area contributed by atoms with Gasteiger partial charge in [0.25, 0.3) is 7.37 Å². The molecule has 0 unspecified atom stereocenters. The SMILES string of the molecule is COc1cc(C)ccc1P(=O)(O)c1ccc(C)cc1OC. The van der Waals surface area contributed by atoms with E-state index in [1.165, 1.54) is 14.2 Å². The minimum absolute atomic E-state index is 0.276. The molecule has 0 fully saturated rings. The number of hydrogen-bond acceptors (Lipinski definition) is 3. The minimum Gasteiger partial charge on any atom is -0.496 e. The molecule has 2 rings (SSSR count). The van der Waals surface area contributed by atoms with Crippen LogP contribution in [0.1, 0.15) is 11.1 Å². The highest BCUT2D eigenvalue weighted by Crippen LogP contribution is 2.44. The molecule has 0 atom stereocenters. The second kappa shape index (κ2) is 5.92. The molecule has 0 radical (unpaired) electrons. The van der Waals surface area contributed by atoms with Crippen LogP contribution in [0.3, 0.4) is 0 Å². The number of hydrogen-bond donors (Lipinski definition) is 1. The molecule has 0 aromatic heterocycles. The number of rotatable bonds is 4. The van der Waals surface area contributed by atoms with Crippen molar-refractivity contribution in [2.75, 3.05) is 14.2 Å². The van der Waals surface area contributed by atoms with Gasteiger partial charge in [-0.2, -0.15) is 0 Å². The normalized spacial score (nSPS) is 11.3. The van der Waals surface area contributed by atoms with Gasteiger partial charge in [0, 0.05) is 0 Å². The number of aryl methyl sites for hydroxylation is 2. The minimum atomic E-state index is -3.80. The summed E-state index contributed by atoms with van der Waals surface area (Å²) in [5.41, 5.74) is 1.93. The molecular formula is C16H19O4P. The van der Waals surface area contributed by atoms with Crippen LogP contribution in [-0.2, 0) is 4.57 Å². The first-order valence-electron chi connectivity index (χ1n) is 6.53. The van der Waals surface area contributed by atoms with Gasteiger partial charge >= 0.3 is 0 Å². The Bertz CT molecular complexity index is 652. The van der Waals surface area contributed by atoms with Crippen LogP contribution in [-0.4, -0.2) is 19.1 Å². The van der Waals surface area contributed by atoms with Crippen molar-refractivity contribution >= 4 is 18.0 Å². The van der Waals surface area contributed by atoms with E-state index < -0.39 is 7.37 Å². The lowest BCUT2D eigenvalue weighted by atomic mass is 10.2. The first kappa shape index (κ1) is 15.6. The monoisotopic (exact) mass is 306 g/mol. The molecule has 0 aliphatic carbocycles. The highest BCUT2D eigenvalue weighted by atomic mass is 31.2. The van der Waals surface area contributed by atoms with E-state index in [1.54, 1.807) is 36.4 Å². The predicted molar refractivity (Wildman–Crippen MR) is 84.6 cm³/mol. The zero-order valence-corrected chi connectivity index (χ0v) is 13.5. The molecule has 0 saturated heterocycles. The number of benzene rings is 2. The average molecular weight is 306 g/mol. The van der Waals surface area contributed by atoms with Gasteiger partial charge in [0.05, 0.1) is 24.8 Å². The molecule has 4 nitrogen and oxygen atoms in total. The van der Waals surface area contributed by atoms with Gasteiger partial charge in [-0.25, -0.2) is 0 Å². The summed E-state index contributed by atoms with van der Waals surface area (Å²) in [6.45, 7) is 3.81. The predicted octanol–water partition coefficient (Wildman–Crippen LogP) is 2.54. The van der Waals surface area contributed by atoms with E-state index in [4.69, 9.17) is 9.47 Å².